The molecule has 0 aliphatic heterocycles. The molecule has 1 aromatic carbocycles. The van der Waals surface area contributed by atoms with Crippen LogP contribution in [0.4, 0.5) is 11.5 Å². The number of carbonyl (C=O) groups excluding carboxylic acids is 1. The van der Waals surface area contributed by atoms with Gasteiger partial charge in [0.2, 0.25) is 5.91 Å². The zero-order valence-corrected chi connectivity index (χ0v) is 19.9. The molecule has 1 amide bonds. The average Bonchev–Trinajstić information content (AvgIpc) is 3.41. The Morgan fingerprint density at radius 2 is 1.94 bits per heavy atom. The van der Waals surface area contributed by atoms with Crippen LogP contribution in [0.2, 0.25) is 0 Å². The third-order valence-electron chi connectivity index (χ3n) is 8.38. The van der Waals surface area contributed by atoms with Crippen molar-refractivity contribution in [2.45, 2.75) is 64.0 Å². The topological polar surface area (TPSA) is 108 Å². The Kier molecular flexibility index (Phi) is 5.05. The summed E-state index contributed by atoms with van der Waals surface area (Å²) in [6.45, 7) is 2.66. The Morgan fingerprint density at radius 3 is 2.63 bits per heavy atom. The molecule has 4 bridgehead atoms. The highest BCUT2D eigenvalue weighted by Gasteiger charge is 2.59. The van der Waals surface area contributed by atoms with E-state index in [2.05, 4.69) is 27.6 Å². The summed E-state index contributed by atoms with van der Waals surface area (Å²) in [7, 11) is 0. The van der Waals surface area contributed by atoms with Crippen LogP contribution in [0, 0.1) is 34.3 Å². The van der Waals surface area contributed by atoms with Gasteiger partial charge in [-0.1, -0.05) is 30.3 Å². The van der Waals surface area contributed by atoms with Crippen molar-refractivity contribution in [3.05, 3.63) is 70.2 Å². The lowest BCUT2D eigenvalue weighted by Crippen LogP contribution is -2.57. The summed E-state index contributed by atoms with van der Waals surface area (Å²) in [5.74, 6) is 1.67. The van der Waals surface area contributed by atoms with Gasteiger partial charge in [0.1, 0.15) is 12.4 Å². The minimum atomic E-state index is -0.383. The molecule has 9 heteroatoms. The Balaban J connectivity index is 1.18. The van der Waals surface area contributed by atoms with Gasteiger partial charge in [0.15, 0.2) is 5.82 Å². The van der Waals surface area contributed by atoms with Crippen LogP contribution in [0.25, 0.3) is 0 Å². The van der Waals surface area contributed by atoms with Crippen molar-refractivity contribution in [1.29, 1.82) is 0 Å². The van der Waals surface area contributed by atoms with Crippen molar-refractivity contribution < 1.29 is 9.72 Å². The SMILES string of the molecule is Cc1cc(NC(=O)CC23C[C@@H]4C[C@@H](C2)CC(n2cc([N+](=O)[O-])cn2)(C4)C3)nn1Cc1ccccc1. The molecule has 2 aromatic heterocycles. The molecule has 4 saturated carbocycles. The molecule has 4 fully saturated rings. The first-order chi connectivity index (χ1) is 16.8. The van der Waals surface area contributed by atoms with Gasteiger partial charge in [-0.25, -0.2) is 0 Å². The van der Waals surface area contributed by atoms with Gasteiger partial charge in [-0.3, -0.25) is 24.3 Å². The average molecular weight is 475 g/mol. The van der Waals surface area contributed by atoms with E-state index in [1.165, 1.54) is 12.6 Å². The molecule has 182 valence electrons. The standard InChI is InChI=1S/C26H30N6O3/c1-18-7-23(29-30(18)15-19-5-3-2-4-6-19)28-24(33)13-25-9-20-8-21(10-25)12-26(11-20,17-25)31-16-22(14-27-31)32(34)35/h2-7,14,16,20-21H,8-13,15,17H2,1H3,(H,28,29,33)/t20-,21-,25?,26?/m0/s1. The summed E-state index contributed by atoms with van der Waals surface area (Å²) in [5.41, 5.74) is 1.89. The fraction of sp³-hybridized carbons (Fsp3) is 0.500. The van der Waals surface area contributed by atoms with Crippen molar-refractivity contribution in [2.24, 2.45) is 17.3 Å². The van der Waals surface area contributed by atoms with Crippen molar-refractivity contribution >= 4 is 17.4 Å². The maximum Gasteiger partial charge on any atom is 0.307 e. The molecule has 3 aromatic rings. The molecule has 0 saturated heterocycles. The second kappa shape index (κ2) is 8.03. The normalized spacial score (nSPS) is 28.8. The molecule has 0 unspecified atom stereocenters. The molecular weight excluding hydrogens is 444 g/mol. The number of hydrogen-bond acceptors (Lipinski definition) is 5. The molecule has 4 aliphatic carbocycles. The number of hydrogen-bond donors (Lipinski definition) is 1. The van der Waals surface area contributed by atoms with E-state index in [-0.39, 0.29) is 27.5 Å². The maximum atomic E-state index is 13.2. The lowest BCUT2D eigenvalue weighted by atomic mass is 9.46. The highest BCUT2D eigenvalue weighted by atomic mass is 16.6. The Hall–Kier alpha value is -3.49. The van der Waals surface area contributed by atoms with E-state index in [0.717, 1.165) is 43.4 Å². The number of anilines is 1. The quantitative estimate of drug-likeness (QED) is 0.395. The van der Waals surface area contributed by atoms with Crippen LogP contribution in [0.1, 0.15) is 56.2 Å². The van der Waals surface area contributed by atoms with E-state index in [4.69, 9.17) is 0 Å². The second-order valence-electron chi connectivity index (χ2n) is 11.1. The van der Waals surface area contributed by atoms with Gasteiger partial charge < -0.3 is 5.32 Å². The number of nitrogens with zero attached hydrogens (tertiary/aromatic N) is 5. The monoisotopic (exact) mass is 474 g/mol. The number of benzene rings is 1. The number of rotatable bonds is 7. The van der Waals surface area contributed by atoms with Gasteiger partial charge in [0, 0.05) is 18.2 Å². The molecule has 2 atom stereocenters. The fourth-order valence-corrected chi connectivity index (χ4v) is 7.56. The number of carbonyl (C=O) groups is 1. The molecule has 2 heterocycles. The summed E-state index contributed by atoms with van der Waals surface area (Å²) in [6.07, 6.45) is 9.51. The highest BCUT2D eigenvalue weighted by Crippen LogP contribution is 2.65. The molecule has 4 aliphatic rings. The van der Waals surface area contributed by atoms with Crippen molar-refractivity contribution in [3.63, 3.8) is 0 Å². The van der Waals surface area contributed by atoms with Gasteiger partial charge >= 0.3 is 5.69 Å². The summed E-state index contributed by atoms with van der Waals surface area (Å²) >= 11 is 0. The molecule has 9 nitrogen and oxygen atoms in total. The third-order valence-corrected chi connectivity index (χ3v) is 8.38. The van der Waals surface area contributed by atoms with E-state index in [0.29, 0.717) is 30.6 Å². The molecule has 35 heavy (non-hydrogen) atoms. The number of amides is 1. The van der Waals surface area contributed by atoms with Gasteiger partial charge in [-0.05, 0) is 68.3 Å². The predicted octanol–water partition coefficient (Wildman–Crippen LogP) is 4.67. The first-order valence-corrected chi connectivity index (χ1v) is 12.4. The van der Waals surface area contributed by atoms with Gasteiger partial charge in [0.05, 0.1) is 17.0 Å². The van der Waals surface area contributed by atoms with E-state index in [9.17, 15) is 14.9 Å². The van der Waals surface area contributed by atoms with Crippen LogP contribution in [-0.2, 0) is 16.9 Å². The zero-order chi connectivity index (χ0) is 24.2. The molecular formula is C26H30N6O3. The number of aryl methyl sites for hydroxylation is 1. The van der Waals surface area contributed by atoms with Crippen LogP contribution in [0.15, 0.2) is 48.8 Å². The van der Waals surface area contributed by atoms with E-state index >= 15 is 0 Å². The summed E-state index contributed by atoms with van der Waals surface area (Å²) < 4.78 is 3.76. The summed E-state index contributed by atoms with van der Waals surface area (Å²) in [5, 5.41) is 23.3. The molecule has 1 N–H and O–H groups in total. The molecule has 0 radical (unpaired) electrons. The van der Waals surface area contributed by atoms with Crippen LogP contribution >= 0.6 is 0 Å². The smallest absolute Gasteiger partial charge is 0.307 e. The third kappa shape index (κ3) is 4.02. The molecule has 7 rings (SSSR count). The highest BCUT2D eigenvalue weighted by molar-refractivity contribution is 5.90. The molecule has 0 spiro atoms. The van der Waals surface area contributed by atoms with E-state index in [1.54, 1.807) is 6.20 Å². The van der Waals surface area contributed by atoms with Crippen LogP contribution in [0.3, 0.4) is 0 Å². The Morgan fingerprint density at radius 1 is 1.20 bits per heavy atom. The fourth-order valence-electron chi connectivity index (χ4n) is 7.56. The van der Waals surface area contributed by atoms with Gasteiger partial charge in [-0.2, -0.15) is 10.2 Å². The Labute approximate surface area is 203 Å². The first-order valence-electron chi connectivity index (χ1n) is 12.4. The number of nitro groups is 1. The van der Waals surface area contributed by atoms with Crippen LogP contribution < -0.4 is 5.32 Å². The first kappa shape index (κ1) is 22.0. The summed E-state index contributed by atoms with van der Waals surface area (Å²) in [6, 6.07) is 12.1. The van der Waals surface area contributed by atoms with Crippen molar-refractivity contribution in [1.82, 2.24) is 19.6 Å². The predicted molar refractivity (Wildman–Crippen MR) is 130 cm³/mol. The minimum Gasteiger partial charge on any atom is -0.309 e. The second-order valence-corrected chi connectivity index (χ2v) is 11.1. The van der Waals surface area contributed by atoms with E-state index < -0.39 is 0 Å². The number of nitrogens with one attached hydrogen (secondary N) is 1. The maximum absolute atomic E-state index is 13.2. The zero-order valence-electron chi connectivity index (χ0n) is 19.9. The van der Waals surface area contributed by atoms with Gasteiger partial charge in [-0.15, -0.1) is 0 Å². The Bertz CT molecular complexity index is 1270. The van der Waals surface area contributed by atoms with Crippen molar-refractivity contribution in [3.8, 4) is 0 Å². The van der Waals surface area contributed by atoms with Crippen molar-refractivity contribution in [2.75, 3.05) is 5.32 Å². The lowest BCUT2D eigenvalue weighted by molar-refractivity contribution is -0.385. The summed E-state index contributed by atoms with van der Waals surface area (Å²) in [4.78, 5) is 24.1. The minimum absolute atomic E-state index is 0.00194. The number of aromatic nitrogens is 4. The van der Waals surface area contributed by atoms with Gasteiger partial charge in [0.25, 0.3) is 0 Å². The van der Waals surface area contributed by atoms with Crippen LogP contribution in [0.5, 0.6) is 0 Å². The largest absolute Gasteiger partial charge is 0.309 e. The lowest BCUT2D eigenvalue weighted by Gasteiger charge is -2.61. The van der Waals surface area contributed by atoms with Crippen LogP contribution in [-0.4, -0.2) is 30.4 Å². The van der Waals surface area contributed by atoms with E-state index in [1.807, 2.05) is 40.6 Å².